The molecule has 3 rings (SSSR count). The molecule has 0 aliphatic carbocycles. The number of hydrogen-bond donors (Lipinski definition) is 1. The fraction of sp³-hybridized carbons (Fsp3) is 0.0769. The van der Waals surface area contributed by atoms with Crippen molar-refractivity contribution in [1.29, 1.82) is 0 Å². The number of benzene rings is 2. The second-order valence-electron chi connectivity index (χ2n) is 4.25. The van der Waals surface area contributed by atoms with Crippen LogP contribution in [0.4, 0.5) is 0 Å². The van der Waals surface area contributed by atoms with E-state index in [1.54, 1.807) is 36.4 Å². The van der Waals surface area contributed by atoms with Crippen LogP contribution >= 0.6 is 11.6 Å². The van der Waals surface area contributed by atoms with Gasteiger partial charge in [-0.2, -0.15) is 0 Å². The smallest absolute Gasteiger partial charge is 0.491 e. The molecule has 1 N–H and O–H groups in total. The van der Waals surface area contributed by atoms with Crippen molar-refractivity contribution in [3.8, 4) is 0 Å². The molecule has 3 nitrogen and oxygen atoms in total. The van der Waals surface area contributed by atoms with Gasteiger partial charge in [0.05, 0.1) is 6.61 Å². The molecule has 1 heterocycles. The summed E-state index contributed by atoms with van der Waals surface area (Å²) in [4.78, 5) is 1.32. The van der Waals surface area contributed by atoms with Crippen molar-refractivity contribution in [3.05, 3.63) is 53.1 Å². The summed E-state index contributed by atoms with van der Waals surface area (Å²) in [5, 5.41) is 10.3. The molecule has 1 aliphatic heterocycles. The molecular formula is C13H10BClO3S. The maximum Gasteiger partial charge on any atom is 0.491 e. The van der Waals surface area contributed by atoms with Crippen LogP contribution in [-0.2, 0) is 22.4 Å². The van der Waals surface area contributed by atoms with Gasteiger partial charge < -0.3 is 14.2 Å². The third kappa shape index (κ3) is 2.52. The highest BCUT2D eigenvalue weighted by molar-refractivity contribution is 7.91. The summed E-state index contributed by atoms with van der Waals surface area (Å²) in [5.74, 6) is 0. The van der Waals surface area contributed by atoms with Gasteiger partial charge in [0.2, 0.25) is 0 Å². The molecule has 0 amide bonds. The Kier molecular flexibility index (Phi) is 3.56. The van der Waals surface area contributed by atoms with Gasteiger partial charge in [0, 0.05) is 16.2 Å². The van der Waals surface area contributed by atoms with Crippen molar-refractivity contribution in [3.63, 3.8) is 0 Å². The van der Waals surface area contributed by atoms with Crippen LogP contribution in [0.2, 0.25) is 5.02 Å². The number of halogens is 1. The van der Waals surface area contributed by atoms with Crippen LogP contribution < -0.4 is 5.46 Å². The molecule has 2 aromatic carbocycles. The molecule has 0 saturated carbocycles. The Morgan fingerprint density at radius 2 is 1.84 bits per heavy atom. The van der Waals surface area contributed by atoms with Crippen LogP contribution in [0, 0.1) is 0 Å². The summed E-state index contributed by atoms with van der Waals surface area (Å²) >= 11 is 4.52. The first-order chi connectivity index (χ1) is 9.15. The van der Waals surface area contributed by atoms with Crippen molar-refractivity contribution in [2.45, 2.75) is 16.4 Å². The molecule has 0 bridgehead atoms. The molecule has 1 atom stereocenters. The summed E-state index contributed by atoms with van der Waals surface area (Å²) in [7, 11) is -0.919. The quantitative estimate of drug-likeness (QED) is 0.677. The maximum absolute atomic E-state index is 12.4. The fourth-order valence-electron chi connectivity index (χ4n) is 2.00. The van der Waals surface area contributed by atoms with E-state index in [-0.39, 0.29) is 0 Å². The van der Waals surface area contributed by atoms with Gasteiger partial charge in [-0.25, -0.2) is 0 Å². The lowest BCUT2D eigenvalue weighted by molar-refractivity contribution is 0.275. The Morgan fingerprint density at radius 3 is 2.58 bits per heavy atom. The van der Waals surface area contributed by atoms with Crippen LogP contribution in [0.1, 0.15) is 5.56 Å². The molecule has 0 radical (unpaired) electrons. The number of fused-ring (bicyclic) bond motifs is 1. The Balaban J connectivity index is 1.94. The summed E-state index contributed by atoms with van der Waals surface area (Å²) in [5.41, 5.74) is 1.63. The molecule has 0 fully saturated rings. The molecule has 1 aliphatic rings. The molecule has 6 heteroatoms. The van der Waals surface area contributed by atoms with Gasteiger partial charge in [0.25, 0.3) is 0 Å². The normalized spacial score (nSPS) is 15.4. The van der Waals surface area contributed by atoms with Gasteiger partial charge in [-0.3, -0.25) is 0 Å². The first-order valence-electron chi connectivity index (χ1n) is 5.75. The Hall–Kier alpha value is -0.975. The second-order valence-corrected chi connectivity index (χ2v) is 6.16. The molecule has 0 aromatic heterocycles. The Labute approximate surface area is 119 Å². The predicted octanol–water partition coefficient (Wildman–Crippen LogP) is 1.72. The van der Waals surface area contributed by atoms with E-state index < -0.39 is 18.3 Å². The first kappa shape index (κ1) is 13.0. The SMILES string of the molecule is [O-][S+](c1ccc(Cl)cc1)c1ccc2c(c1)B(O)OC2. The largest absolute Gasteiger partial charge is 0.606 e. The summed E-state index contributed by atoms with van der Waals surface area (Å²) in [6.45, 7) is 0.393. The molecule has 0 spiro atoms. The minimum Gasteiger partial charge on any atom is -0.606 e. The molecule has 19 heavy (non-hydrogen) atoms. The third-order valence-electron chi connectivity index (χ3n) is 3.02. The predicted molar refractivity (Wildman–Crippen MR) is 75.0 cm³/mol. The number of hydrogen-bond acceptors (Lipinski definition) is 3. The van der Waals surface area contributed by atoms with Crippen molar-refractivity contribution in [1.82, 2.24) is 0 Å². The van der Waals surface area contributed by atoms with Crippen molar-refractivity contribution in [2.24, 2.45) is 0 Å². The zero-order valence-corrected chi connectivity index (χ0v) is 11.4. The van der Waals surface area contributed by atoms with Crippen molar-refractivity contribution >= 4 is 35.4 Å². The van der Waals surface area contributed by atoms with Crippen LogP contribution in [0.5, 0.6) is 0 Å². The monoisotopic (exact) mass is 292 g/mol. The lowest BCUT2D eigenvalue weighted by Crippen LogP contribution is -2.28. The second kappa shape index (κ2) is 5.19. The van der Waals surface area contributed by atoms with E-state index in [1.807, 2.05) is 6.07 Å². The summed E-state index contributed by atoms with van der Waals surface area (Å²) in [6.07, 6.45) is 0. The lowest BCUT2D eigenvalue weighted by atomic mass is 9.80. The van der Waals surface area contributed by atoms with Crippen LogP contribution in [0.15, 0.2) is 52.3 Å². The number of rotatable bonds is 2. The highest BCUT2D eigenvalue weighted by Crippen LogP contribution is 2.23. The van der Waals surface area contributed by atoms with E-state index in [2.05, 4.69) is 0 Å². The van der Waals surface area contributed by atoms with Crippen LogP contribution in [0.25, 0.3) is 0 Å². The maximum atomic E-state index is 12.4. The highest BCUT2D eigenvalue weighted by atomic mass is 35.5. The Bertz CT molecular complexity index is 605. The Morgan fingerprint density at radius 1 is 1.16 bits per heavy atom. The van der Waals surface area contributed by atoms with Crippen molar-refractivity contribution < 1.29 is 14.2 Å². The minimum atomic E-state index is -1.29. The van der Waals surface area contributed by atoms with Crippen molar-refractivity contribution in [2.75, 3.05) is 0 Å². The summed E-state index contributed by atoms with van der Waals surface area (Å²) in [6, 6.07) is 12.3. The van der Waals surface area contributed by atoms with E-state index in [1.165, 1.54) is 0 Å². The average Bonchev–Trinajstić information content (AvgIpc) is 2.80. The van der Waals surface area contributed by atoms with E-state index in [4.69, 9.17) is 16.3 Å². The van der Waals surface area contributed by atoms with Gasteiger partial charge in [-0.1, -0.05) is 17.7 Å². The van der Waals surface area contributed by atoms with Gasteiger partial charge >= 0.3 is 7.12 Å². The van der Waals surface area contributed by atoms with Gasteiger partial charge in [0.15, 0.2) is 9.79 Å². The van der Waals surface area contributed by atoms with Crippen LogP contribution in [0.3, 0.4) is 0 Å². The third-order valence-corrected chi connectivity index (χ3v) is 4.66. The van der Waals surface area contributed by atoms with E-state index in [9.17, 15) is 9.58 Å². The zero-order valence-electron chi connectivity index (χ0n) is 9.88. The zero-order chi connectivity index (χ0) is 13.4. The van der Waals surface area contributed by atoms with Gasteiger partial charge in [0.1, 0.15) is 0 Å². The lowest BCUT2D eigenvalue weighted by Gasteiger charge is -2.11. The summed E-state index contributed by atoms with van der Waals surface area (Å²) < 4.78 is 17.5. The first-order valence-corrected chi connectivity index (χ1v) is 7.28. The molecule has 1 unspecified atom stereocenters. The van der Waals surface area contributed by atoms with E-state index in [0.29, 0.717) is 26.9 Å². The fourth-order valence-corrected chi connectivity index (χ4v) is 3.21. The highest BCUT2D eigenvalue weighted by Gasteiger charge is 2.29. The van der Waals surface area contributed by atoms with Gasteiger partial charge in [-0.05, 0) is 47.4 Å². The molecular weight excluding hydrogens is 282 g/mol. The van der Waals surface area contributed by atoms with E-state index in [0.717, 1.165) is 5.56 Å². The van der Waals surface area contributed by atoms with E-state index >= 15 is 0 Å². The average molecular weight is 293 g/mol. The van der Waals surface area contributed by atoms with Crippen LogP contribution in [-0.4, -0.2) is 16.7 Å². The minimum absolute atomic E-state index is 0.393. The molecule has 2 aromatic rings. The topological polar surface area (TPSA) is 52.5 Å². The molecule has 96 valence electrons. The standard InChI is InChI=1S/C13H10BClO3S/c15-10-2-5-11(6-3-10)19(17)12-4-1-9-8-18-14(16)13(9)7-12/h1-7,16H,8H2. The van der Waals surface area contributed by atoms with Gasteiger partial charge in [-0.15, -0.1) is 0 Å². The molecule has 0 saturated heterocycles.